The smallest absolute Gasteiger partial charge is 0.420 e. The van der Waals surface area contributed by atoms with Gasteiger partial charge in [-0.1, -0.05) is 0 Å². The van der Waals surface area contributed by atoms with Gasteiger partial charge >= 0.3 is 18.2 Å². The van der Waals surface area contributed by atoms with Gasteiger partial charge in [0.05, 0.1) is 0 Å². The molecule has 0 radical (unpaired) electrons. The summed E-state index contributed by atoms with van der Waals surface area (Å²) in [6.07, 6.45) is -3.08. The number of carbonyl (C=O) groups excluding carboxylic acids is 3. The molecule has 0 aliphatic heterocycles. The molecule has 0 aliphatic rings. The Bertz CT molecular complexity index is 955. The minimum absolute atomic E-state index is 0.0662. The predicted octanol–water partition coefficient (Wildman–Crippen LogP) is 3.50. The number of nitrogens with two attached hydrogens (primary N) is 1. The second kappa shape index (κ2) is 12.7. The highest BCUT2D eigenvalue weighted by atomic mass is 19.2. The predicted molar refractivity (Wildman–Crippen MR) is 126 cm³/mol. The summed E-state index contributed by atoms with van der Waals surface area (Å²) in [5.74, 6) is -7.47. The number of carboxylic acid groups (broad SMARTS) is 1. The quantitative estimate of drug-likeness (QED) is 0.409. The molecular weight excluding hydrogens is 499 g/mol. The molecule has 10 nitrogen and oxygen atoms in total. The number of aliphatic carboxylic acids is 1. The third-order valence-electron chi connectivity index (χ3n) is 4.57. The van der Waals surface area contributed by atoms with E-state index in [9.17, 15) is 37.5 Å². The van der Waals surface area contributed by atoms with Crippen LogP contribution in [0.25, 0.3) is 0 Å². The number of benzene rings is 1. The molecule has 0 spiro atoms. The lowest BCUT2D eigenvalue weighted by Crippen LogP contribution is -2.57. The summed E-state index contributed by atoms with van der Waals surface area (Å²) in [6, 6.07) is -2.16. The van der Waals surface area contributed by atoms with Crippen molar-refractivity contribution in [2.75, 3.05) is 6.54 Å². The SMILES string of the molecule is CC(C)(C)OC(=O)N(C(=O)OC(C)(C)C)[C@@H](CCCN)C(=O)N[C@H](Cc1cc(F)c(F)c(F)c1)C(=O)O. The van der Waals surface area contributed by atoms with Crippen molar-refractivity contribution in [1.29, 1.82) is 0 Å². The molecule has 208 valence electrons. The van der Waals surface area contributed by atoms with E-state index in [4.69, 9.17) is 15.2 Å². The normalized spacial score (nSPS) is 13.4. The Hall–Kier alpha value is -3.35. The van der Waals surface area contributed by atoms with Crippen molar-refractivity contribution in [2.24, 2.45) is 5.73 Å². The fraction of sp³-hybridized carbons (Fsp3) is 0.583. The van der Waals surface area contributed by atoms with E-state index >= 15 is 0 Å². The number of halogens is 3. The third-order valence-corrected chi connectivity index (χ3v) is 4.57. The fourth-order valence-electron chi connectivity index (χ4n) is 3.07. The van der Waals surface area contributed by atoms with Gasteiger partial charge in [-0.25, -0.2) is 27.6 Å². The van der Waals surface area contributed by atoms with E-state index in [1.807, 2.05) is 0 Å². The molecule has 1 aromatic carbocycles. The minimum atomic E-state index is -1.75. The van der Waals surface area contributed by atoms with Crippen LogP contribution < -0.4 is 11.1 Å². The molecule has 0 aliphatic carbocycles. The first-order valence-corrected chi connectivity index (χ1v) is 11.5. The zero-order valence-electron chi connectivity index (χ0n) is 21.7. The van der Waals surface area contributed by atoms with Gasteiger partial charge in [0.25, 0.3) is 0 Å². The second-order valence-corrected chi connectivity index (χ2v) is 10.3. The summed E-state index contributed by atoms with van der Waals surface area (Å²) >= 11 is 0. The molecule has 4 N–H and O–H groups in total. The Morgan fingerprint density at radius 1 is 0.973 bits per heavy atom. The zero-order valence-corrected chi connectivity index (χ0v) is 21.7. The van der Waals surface area contributed by atoms with Crippen LogP contribution in [0.3, 0.4) is 0 Å². The Morgan fingerprint density at radius 3 is 1.81 bits per heavy atom. The average molecular weight is 534 g/mol. The number of rotatable bonds is 9. The monoisotopic (exact) mass is 533 g/mol. The number of nitrogens with one attached hydrogen (secondary N) is 1. The number of carbonyl (C=O) groups is 4. The molecule has 1 rings (SSSR count). The van der Waals surface area contributed by atoms with Gasteiger partial charge in [-0.2, -0.15) is 4.90 Å². The number of ether oxygens (including phenoxy) is 2. The van der Waals surface area contributed by atoms with Crippen molar-refractivity contribution in [1.82, 2.24) is 10.2 Å². The van der Waals surface area contributed by atoms with Crippen LogP contribution in [-0.2, 0) is 25.5 Å². The van der Waals surface area contributed by atoms with Crippen molar-refractivity contribution < 1.29 is 46.9 Å². The number of hydrogen-bond acceptors (Lipinski definition) is 7. The van der Waals surface area contributed by atoms with Gasteiger partial charge in [0.1, 0.15) is 23.3 Å². The highest BCUT2D eigenvalue weighted by molar-refractivity contribution is 5.96. The van der Waals surface area contributed by atoms with E-state index < -0.39 is 71.2 Å². The molecule has 0 heterocycles. The summed E-state index contributed by atoms with van der Waals surface area (Å²) in [6.45, 7) is 9.28. The molecular formula is C24H34F3N3O7. The molecule has 3 amide bonds. The van der Waals surface area contributed by atoms with E-state index in [1.54, 1.807) is 0 Å². The molecule has 0 fully saturated rings. The standard InChI is InChI=1S/C24H34F3N3O7/c1-23(2,3)36-21(34)30(22(35)37-24(4,5)6)17(8-7-9-28)19(31)29-16(20(32)33)12-13-10-14(25)18(27)15(26)11-13/h10-11,16-17H,7-9,12,28H2,1-6H3,(H,29,31)(H,32,33)/t16-,17+/m1/s1. The minimum Gasteiger partial charge on any atom is -0.480 e. The van der Waals surface area contributed by atoms with E-state index in [2.05, 4.69) is 5.32 Å². The van der Waals surface area contributed by atoms with Crippen molar-refractivity contribution in [2.45, 2.75) is 84.1 Å². The van der Waals surface area contributed by atoms with Crippen LogP contribution >= 0.6 is 0 Å². The first kappa shape index (κ1) is 31.7. The Labute approximate surface area is 213 Å². The van der Waals surface area contributed by atoms with Gasteiger partial charge in [-0.15, -0.1) is 0 Å². The lowest BCUT2D eigenvalue weighted by atomic mass is 10.0. The zero-order chi connectivity index (χ0) is 28.7. The molecule has 13 heteroatoms. The van der Waals surface area contributed by atoms with Crippen LogP contribution in [0, 0.1) is 17.5 Å². The number of imide groups is 1. The lowest BCUT2D eigenvalue weighted by Gasteiger charge is -2.33. The van der Waals surface area contributed by atoms with Crippen molar-refractivity contribution in [3.8, 4) is 0 Å². The van der Waals surface area contributed by atoms with Crippen LogP contribution in [0.5, 0.6) is 0 Å². The van der Waals surface area contributed by atoms with E-state index in [0.717, 1.165) is 0 Å². The van der Waals surface area contributed by atoms with Crippen LogP contribution in [0.15, 0.2) is 12.1 Å². The number of hydrogen-bond donors (Lipinski definition) is 3. The maximum absolute atomic E-state index is 13.6. The first-order valence-electron chi connectivity index (χ1n) is 11.5. The van der Waals surface area contributed by atoms with Gasteiger partial charge in [0, 0.05) is 6.42 Å². The maximum atomic E-state index is 13.6. The molecule has 0 saturated carbocycles. The first-order chi connectivity index (χ1) is 16.9. The molecule has 2 atom stereocenters. The summed E-state index contributed by atoms with van der Waals surface area (Å²) in [5.41, 5.74) is 3.17. The Kier molecular flexibility index (Phi) is 10.9. The van der Waals surface area contributed by atoms with Crippen LogP contribution in [0.2, 0.25) is 0 Å². The summed E-state index contributed by atoms with van der Waals surface area (Å²) in [4.78, 5) is 51.5. The van der Waals surface area contributed by atoms with Gasteiger partial charge < -0.3 is 25.6 Å². The lowest BCUT2D eigenvalue weighted by molar-refractivity contribution is -0.142. The molecule has 0 aromatic heterocycles. The Balaban J connectivity index is 3.37. The molecule has 37 heavy (non-hydrogen) atoms. The summed E-state index contributed by atoms with van der Waals surface area (Å²) < 4.78 is 51.0. The van der Waals surface area contributed by atoms with Crippen LogP contribution in [0.1, 0.15) is 59.9 Å². The molecule has 0 unspecified atom stereocenters. The van der Waals surface area contributed by atoms with Crippen molar-refractivity contribution >= 4 is 24.1 Å². The highest BCUT2D eigenvalue weighted by Crippen LogP contribution is 2.20. The second-order valence-electron chi connectivity index (χ2n) is 10.3. The third kappa shape index (κ3) is 10.3. The average Bonchev–Trinajstić information content (AvgIpc) is 2.71. The van der Waals surface area contributed by atoms with Gasteiger partial charge in [0.2, 0.25) is 5.91 Å². The van der Waals surface area contributed by atoms with Crippen molar-refractivity contribution in [3.05, 3.63) is 35.1 Å². The molecule has 0 bridgehead atoms. The van der Waals surface area contributed by atoms with Crippen molar-refractivity contribution in [3.63, 3.8) is 0 Å². The maximum Gasteiger partial charge on any atom is 0.420 e. The Morgan fingerprint density at radius 2 is 1.43 bits per heavy atom. The van der Waals surface area contributed by atoms with Gasteiger partial charge in [-0.3, -0.25) is 4.79 Å². The highest BCUT2D eigenvalue weighted by Gasteiger charge is 2.41. The van der Waals surface area contributed by atoms with E-state index in [1.165, 1.54) is 41.5 Å². The topological polar surface area (TPSA) is 148 Å². The number of amides is 3. The summed E-state index contributed by atoms with van der Waals surface area (Å²) in [5, 5.41) is 11.8. The van der Waals surface area contributed by atoms with Crippen LogP contribution in [-0.4, -0.2) is 63.9 Å². The van der Waals surface area contributed by atoms with Gasteiger partial charge in [0.15, 0.2) is 17.5 Å². The van der Waals surface area contributed by atoms with E-state index in [0.29, 0.717) is 17.0 Å². The molecule has 1 aromatic rings. The number of nitrogens with zero attached hydrogens (tertiary/aromatic N) is 1. The summed E-state index contributed by atoms with van der Waals surface area (Å²) in [7, 11) is 0. The van der Waals surface area contributed by atoms with Crippen LogP contribution in [0.4, 0.5) is 22.8 Å². The largest absolute Gasteiger partial charge is 0.480 e. The molecule has 0 saturated heterocycles. The van der Waals surface area contributed by atoms with Gasteiger partial charge in [-0.05, 0) is 78.6 Å². The fourth-order valence-corrected chi connectivity index (χ4v) is 3.07. The van der Waals surface area contributed by atoms with E-state index in [-0.39, 0.29) is 24.9 Å². The number of carboxylic acids is 1.